The third kappa shape index (κ3) is 2.82. The molecule has 0 radical (unpaired) electrons. The number of hydrogen-bond donors (Lipinski definition) is 1. The Morgan fingerprint density at radius 3 is 2.29 bits per heavy atom. The molecule has 0 aliphatic heterocycles. The number of rotatable bonds is 5. The summed E-state index contributed by atoms with van der Waals surface area (Å²) in [7, 11) is 0. The zero-order valence-electron chi connectivity index (χ0n) is 11.1. The van der Waals surface area contributed by atoms with Crippen molar-refractivity contribution in [1.82, 2.24) is 4.90 Å². The molecule has 3 heteroatoms. The lowest BCUT2D eigenvalue weighted by Crippen LogP contribution is -2.54. The van der Waals surface area contributed by atoms with Gasteiger partial charge in [-0.05, 0) is 31.6 Å². The number of aliphatic carboxylic acids is 1. The molecule has 2 aliphatic carbocycles. The first kappa shape index (κ1) is 12.9. The number of carboxylic acids is 1. The summed E-state index contributed by atoms with van der Waals surface area (Å²) >= 11 is 0. The summed E-state index contributed by atoms with van der Waals surface area (Å²) in [5, 5.41) is 9.20. The van der Waals surface area contributed by atoms with Gasteiger partial charge in [0.1, 0.15) is 0 Å². The highest BCUT2D eigenvalue weighted by molar-refractivity contribution is 5.72. The molecule has 2 rings (SSSR count). The van der Waals surface area contributed by atoms with Gasteiger partial charge >= 0.3 is 5.97 Å². The minimum absolute atomic E-state index is 0.102. The van der Waals surface area contributed by atoms with Crippen LogP contribution < -0.4 is 0 Å². The lowest BCUT2D eigenvalue weighted by molar-refractivity contribution is -0.150. The fraction of sp³-hybridized carbons (Fsp3) is 0.929. The van der Waals surface area contributed by atoms with Gasteiger partial charge in [0.2, 0.25) is 0 Å². The van der Waals surface area contributed by atoms with Crippen LogP contribution >= 0.6 is 0 Å². The normalized spacial score (nSPS) is 29.9. The van der Waals surface area contributed by atoms with Crippen molar-refractivity contribution in [1.29, 1.82) is 0 Å². The first-order valence-electron chi connectivity index (χ1n) is 7.08. The molecule has 2 saturated carbocycles. The molecular formula is C14H25NO2. The topological polar surface area (TPSA) is 40.5 Å². The summed E-state index contributed by atoms with van der Waals surface area (Å²) in [4.78, 5) is 13.7. The van der Waals surface area contributed by atoms with Crippen molar-refractivity contribution >= 4 is 5.97 Å². The highest BCUT2D eigenvalue weighted by Crippen LogP contribution is 2.37. The Bertz CT molecular complexity index is 271. The van der Waals surface area contributed by atoms with Crippen molar-refractivity contribution < 1.29 is 9.90 Å². The predicted octanol–water partition coefficient (Wildman–Crippen LogP) is 2.75. The summed E-state index contributed by atoms with van der Waals surface area (Å²) in [6.07, 6.45) is 7.15. The molecule has 2 atom stereocenters. The molecule has 98 valence electrons. The van der Waals surface area contributed by atoms with Crippen LogP contribution in [0.3, 0.4) is 0 Å². The summed E-state index contributed by atoms with van der Waals surface area (Å²) < 4.78 is 0. The van der Waals surface area contributed by atoms with E-state index in [4.69, 9.17) is 0 Å². The molecule has 0 aromatic carbocycles. The second-order valence-corrected chi connectivity index (χ2v) is 6.12. The minimum Gasteiger partial charge on any atom is -0.481 e. The molecule has 0 spiro atoms. The minimum atomic E-state index is -0.590. The number of nitrogens with zero attached hydrogens (tertiary/aromatic N) is 1. The first-order chi connectivity index (χ1) is 8.09. The highest BCUT2D eigenvalue weighted by Gasteiger charge is 2.43. The van der Waals surface area contributed by atoms with Crippen molar-refractivity contribution in [2.45, 2.75) is 64.5 Å². The summed E-state index contributed by atoms with van der Waals surface area (Å²) in [5.41, 5.74) is 0. The molecule has 2 unspecified atom stereocenters. The van der Waals surface area contributed by atoms with Crippen molar-refractivity contribution in [3.8, 4) is 0 Å². The van der Waals surface area contributed by atoms with Gasteiger partial charge < -0.3 is 5.11 Å². The molecule has 0 bridgehead atoms. The second kappa shape index (κ2) is 5.38. The third-order valence-corrected chi connectivity index (χ3v) is 4.35. The maximum absolute atomic E-state index is 11.2. The van der Waals surface area contributed by atoms with Gasteiger partial charge in [-0.2, -0.15) is 0 Å². The van der Waals surface area contributed by atoms with Crippen molar-refractivity contribution in [3.63, 3.8) is 0 Å². The summed E-state index contributed by atoms with van der Waals surface area (Å²) in [6, 6.07) is 0.975. The molecule has 0 amide bonds. The van der Waals surface area contributed by atoms with E-state index in [1.54, 1.807) is 0 Å². The summed E-state index contributed by atoms with van der Waals surface area (Å²) in [6.45, 7) is 5.53. The van der Waals surface area contributed by atoms with Crippen LogP contribution in [-0.2, 0) is 4.79 Å². The Kier molecular flexibility index (Phi) is 4.08. The van der Waals surface area contributed by atoms with Crippen molar-refractivity contribution in [2.75, 3.05) is 6.54 Å². The van der Waals surface area contributed by atoms with Gasteiger partial charge in [0.05, 0.1) is 5.92 Å². The Hall–Kier alpha value is -0.570. The smallest absolute Gasteiger partial charge is 0.308 e. The Morgan fingerprint density at radius 2 is 1.88 bits per heavy atom. The van der Waals surface area contributed by atoms with E-state index in [9.17, 15) is 9.90 Å². The average Bonchev–Trinajstić information content (AvgIpc) is 2.65. The third-order valence-electron chi connectivity index (χ3n) is 4.35. The van der Waals surface area contributed by atoms with Crippen molar-refractivity contribution in [3.05, 3.63) is 0 Å². The largest absolute Gasteiger partial charge is 0.481 e. The van der Waals surface area contributed by atoms with Gasteiger partial charge in [-0.15, -0.1) is 0 Å². The van der Waals surface area contributed by atoms with Crippen LogP contribution in [-0.4, -0.2) is 34.6 Å². The predicted molar refractivity (Wildman–Crippen MR) is 67.9 cm³/mol. The van der Waals surface area contributed by atoms with E-state index < -0.39 is 5.97 Å². The SMILES string of the molecule is CC(C)CN(C1CCCC1)C1CCC1C(=O)O. The molecule has 0 aromatic rings. The van der Waals surface area contributed by atoms with E-state index in [1.807, 2.05) is 0 Å². The second-order valence-electron chi connectivity index (χ2n) is 6.12. The van der Waals surface area contributed by atoms with E-state index in [0.717, 1.165) is 19.4 Å². The Balaban J connectivity index is 2.01. The van der Waals surface area contributed by atoms with E-state index in [0.29, 0.717) is 18.0 Å². The van der Waals surface area contributed by atoms with Gasteiger partial charge in [0.25, 0.3) is 0 Å². The van der Waals surface area contributed by atoms with Crippen LogP contribution in [0.5, 0.6) is 0 Å². The number of carboxylic acid groups (broad SMARTS) is 1. The Labute approximate surface area is 104 Å². The van der Waals surface area contributed by atoms with Gasteiger partial charge in [-0.25, -0.2) is 0 Å². The highest BCUT2D eigenvalue weighted by atomic mass is 16.4. The molecule has 0 heterocycles. The maximum atomic E-state index is 11.2. The van der Waals surface area contributed by atoms with E-state index in [1.165, 1.54) is 25.7 Å². The van der Waals surface area contributed by atoms with Crippen LogP contribution in [0.1, 0.15) is 52.4 Å². The molecule has 1 N–H and O–H groups in total. The molecule has 17 heavy (non-hydrogen) atoms. The van der Waals surface area contributed by atoms with Crippen molar-refractivity contribution in [2.24, 2.45) is 11.8 Å². The average molecular weight is 239 g/mol. The van der Waals surface area contributed by atoms with Crippen LogP contribution in [0.15, 0.2) is 0 Å². The lowest BCUT2D eigenvalue weighted by Gasteiger charge is -2.46. The number of carbonyl (C=O) groups is 1. The zero-order chi connectivity index (χ0) is 12.4. The Morgan fingerprint density at radius 1 is 1.24 bits per heavy atom. The fourth-order valence-corrected chi connectivity index (χ4v) is 3.38. The van der Waals surface area contributed by atoms with Gasteiger partial charge in [-0.1, -0.05) is 26.7 Å². The molecule has 3 nitrogen and oxygen atoms in total. The van der Waals surface area contributed by atoms with E-state index in [-0.39, 0.29) is 5.92 Å². The molecular weight excluding hydrogens is 214 g/mol. The quantitative estimate of drug-likeness (QED) is 0.802. The monoisotopic (exact) mass is 239 g/mol. The fourth-order valence-electron chi connectivity index (χ4n) is 3.38. The van der Waals surface area contributed by atoms with Crippen LogP contribution in [0, 0.1) is 11.8 Å². The lowest BCUT2D eigenvalue weighted by atomic mass is 9.77. The van der Waals surface area contributed by atoms with Gasteiger partial charge in [-0.3, -0.25) is 9.69 Å². The molecule has 0 aromatic heterocycles. The van der Waals surface area contributed by atoms with E-state index >= 15 is 0 Å². The summed E-state index contributed by atoms with van der Waals surface area (Å²) in [5.74, 6) is -0.0620. The van der Waals surface area contributed by atoms with Gasteiger partial charge in [0, 0.05) is 18.6 Å². The standard InChI is InChI=1S/C14H25NO2/c1-10(2)9-15(11-5-3-4-6-11)13-8-7-12(13)14(16)17/h10-13H,3-9H2,1-2H3,(H,16,17). The number of hydrogen-bond acceptors (Lipinski definition) is 2. The van der Waals surface area contributed by atoms with Crippen LogP contribution in [0.25, 0.3) is 0 Å². The maximum Gasteiger partial charge on any atom is 0.308 e. The van der Waals surface area contributed by atoms with Crippen LogP contribution in [0.2, 0.25) is 0 Å². The van der Waals surface area contributed by atoms with Crippen LogP contribution in [0.4, 0.5) is 0 Å². The van der Waals surface area contributed by atoms with E-state index in [2.05, 4.69) is 18.7 Å². The molecule has 2 aliphatic rings. The zero-order valence-corrected chi connectivity index (χ0v) is 11.1. The first-order valence-corrected chi connectivity index (χ1v) is 7.08. The van der Waals surface area contributed by atoms with Gasteiger partial charge in [0.15, 0.2) is 0 Å². The molecule has 0 saturated heterocycles. The molecule has 2 fully saturated rings.